The molecule has 0 spiro atoms. The lowest BCUT2D eigenvalue weighted by Gasteiger charge is -2.17. The van der Waals surface area contributed by atoms with E-state index in [1.54, 1.807) is 12.4 Å². The molecule has 0 saturated heterocycles. The van der Waals surface area contributed by atoms with E-state index in [-0.39, 0.29) is 0 Å². The molecule has 26 heavy (non-hydrogen) atoms. The Morgan fingerprint density at radius 3 is 2.35 bits per heavy atom. The van der Waals surface area contributed by atoms with Crippen LogP contribution in [0.4, 0.5) is 0 Å². The summed E-state index contributed by atoms with van der Waals surface area (Å²) in [5.41, 5.74) is 3.67. The molecule has 0 saturated carbocycles. The first-order valence-corrected chi connectivity index (χ1v) is 9.18. The van der Waals surface area contributed by atoms with Gasteiger partial charge in [0.15, 0.2) is 10.6 Å². The van der Waals surface area contributed by atoms with Crippen LogP contribution in [0.5, 0.6) is 0 Å². The average Bonchev–Trinajstić information content (AvgIpc) is 2.91. The second-order valence-electron chi connectivity index (χ2n) is 6.95. The van der Waals surface area contributed by atoms with Gasteiger partial charge in [0.1, 0.15) is 0 Å². The minimum atomic E-state index is 0.556. The van der Waals surface area contributed by atoms with E-state index >= 15 is 0 Å². The van der Waals surface area contributed by atoms with Crippen LogP contribution in [0, 0.1) is 4.77 Å². The SMILES string of the molecule is CC(C)c1ccc(CN(C)Cn2nc(-c3ccncc3)n(C)c2=S)cc1. The number of hydrogen-bond acceptors (Lipinski definition) is 4. The highest BCUT2D eigenvalue weighted by molar-refractivity contribution is 7.71. The highest BCUT2D eigenvalue weighted by Crippen LogP contribution is 2.17. The molecule has 3 aromatic rings. The van der Waals surface area contributed by atoms with Gasteiger partial charge in [0.25, 0.3) is 0 Å². The largest absolute Gasteiger partial charge is 0.303 e. The first-order chi connectivity index (χ1) is 12.5. The highest BCUT2D eigenvalue weighted by atomic mass is 32.1. The lowest BCUT2D eigenvalue weighted by Crippen LogP contribution is -2.22. The Balaban J connectivity index is 1.73. The van der Waals surface area contributed by atoms with Crippen LogP contribution in [0.15, 0.2) is 48.8 Å². The lowest BCUT2D eigenvalue weighted by molar-refractivity contribution is 0.244. The molecular formula is C20H25N5S. The Kier molecular flexibility index (Phi) is 5.64. The first-order valence-electron chi connectivity index (χ1n) is 8.77. The molecule has 1 aromatic carbocycles. The van der Waals surface area contributed by atoms with Gasteiger partial charge in [-0.25, -0.2) is 4.68 Å². The summed E-state index contributed by atoms with van der Waals surface area (Å²) < 4.78 is 4.52. The molecule has 0 N–H and O–H groups in total. The van der Waals surface area contributed by atoms with Gasteiger partial charge in [-0.2, -0.15) is 5.10 Å². The summed E-state index contributed by atoms with van der Waals surface area (Å²) in [4.78, 5) is 6.28. The van der Waals surface area contributed by atoms with Crippen LogP contribution in [0.2, 0.25) is 0 Å². The number of benzene rings is 1. The molecule has 6 heteroatoms. The summed E-state index contributed by atoms with van der Waals surface area (Å²) in [6.45, 7) is 5.92. The minimum Gasteiger partial charge on any atom is -0.303 e. The Morgan fingerprint density at radius 2 is 1.73 bits per heavy atom. The Bertz CT molecular complexity index is 910. The molecule has 0 aliphatic heterocycles. The summed E-state index contributed by atoms with van der Waals surface area (Å²) in [7, 11) is 4.03. The molecule has 136 valence electrons. The number of rotatable bonds is 6. The molecule has 0 aliphatic carbocycles. The van der Waals surface area contributed by atoms with E-state index in [0.717, 1.165) is 17.9 Å². The zero-order valence-electron chi connectivity index (χ0n) is 15.8. The van der Waals surface area contributed by atoms with Crippen LogP contribution in [-0.4, -0.2) is 31.3 Å². The topological polar surface area (TPSA) is 38.9 Å². The fourth-order valence-electron chi connectivity index (χ4n) is 2.93. The fourth-order valence-corrected chi connectivity index (χ4v) is 3.12. The zero-order valence-corrected chi connectivity index (χ0v) is 16.6. The molecule has 0 fully saturated rings. The van der Waals surface area contributed by atoms with Crippen molar-refractivity contribution in [3.05, 3.63) is 64.7 Å². The molecule has 0 amide bonds. The van der Waals surface area contributed by atoms with Gasteiger partial charge < -0.3 is 4.57 Å². The van der Waals surface area contributed by atoms with Crippen molar-refractivity contribution in [3.63, 3.8) is 0 Å². The van der Waals surface area contributed by atoms with E-state index < -0.39 is 0 Å². The molecule has 5 nitrogen and oxygen atoms in total. The minimum absolute atomic E-state index is 0.556. The number of nitrogens with zero attached hydrogens (tertiary/aromatic N) is 5. The smallest absolute Gasteiger partial charge is 0.199 e. The van der Waals surface area contributed by atoms with E-state index in [0.29, 0.717) is 17.4 Å². The third-order valence-electron chi connectivity index (χ3n) is 4.45. The van der Waals surface area contributed by atoms with Gasteiger partial charge in [-0.1, -0.05) is 38.1 Å². The third kappa shape index (κ3) is 4.08. The summed E-state index contributed by atoms with van der Waals surface area (Å²) in [6, 6.07) is 12.7. The zero-order chi connectivity index (χ0) is 18.7. The van der Waals surface area contributed by atoms with E-state index in [9.17, 15) is 0 Å². The Hall–Kier alpha value is -2.31. The maximum Gasteiger partial charge on any atom is 0.199 e. The summed E-state index contributed by atoms with van der Waals surface area (Å²) in [5.74, 6) is 1.41. The molecule has 0 unspecified atom stereocenters. The van der Waals surface area contributed by atoms with Crippen LogP contribution in [-0.2, 0) is 20.3 Å². The molecular weight excluding hydrogens is 342 g/mol. The normalized spacial score (nSPS) is 11.5. The van der Waals surface area contributed by atoms with Crippen molar-refractivity contribution in [1.82, 2.24) is 24.2 Å². The van der Waals surface area contributed by atoms with Crippen molar-refractivity contribution in [1.29, 1.82) is 0 Å². The van der Waals surface area contributed by atoms with Crippen LogP contribution in [0.1, 0.15) is 30.9 Å². The first kappa shape index (κ1) is 18.5. The van der Waals surface area contributed by atoms with E-state index in [1.807, 2.05) is 28.4 Å². The monoisotopic (exact) mass is 367 g/mol. The van der Waals surface area contributed by atoms with Gasteiger partial charge in [0.2, 0.25) is 0 Å². The molecule has 3 rings (SSSR count). The third-order valence-corrected chi connectivity index (χ3v) is 4.94. The van der Waals surface area contributed by atoms with Crippen LogP contribution in [0.25, 0.3) is 11.4 Å². The lowest BCUT2D eigenvalue weighted by atomic mass is 10.0. The maximum absolute atomic E-state index is 5.56. The second kappa shape index (κ2) is 7.93. The van der Waals surface area contributed by atoms with Gasteiger partial charge in [0.05, 0.1) is 6.67 Å². The van der Waals surface area contributed by atoms with E-state index in [1.165, 1.54) is 11.1 Å². The highest BCUT2D eigenvalue weighted by Gasteiger charge is 2.11. The van der Waals surface area contributed by atoms with Crippen molar-refractivity contribution in [2.45, 2.75) is 33.0 Å². The average molecular weight is 368 g/mol. The van der Waals surface area contributed by atoms with Gasteiger partial charge >= 0.3 is 0 Å². The van der Waals surface area contributed by atoms with Crippen LogP contribution < -0.4 is 0 Å². The Morgan fingerprint density at radius 1 is 1.08 bits per heavy atom. The fraction of sp³-hybridized carbons (Fsp3) is 0.350. The predicted molar refractivity (Wildman–Crippen MR) is 107 cm³/mol. The van der Waals surface area contributed by atoms with Gasteiger partial charge in [-0.05, 0) is 48.4 Å². The van der Waals surface area contributed by atoms with Crippen molar-refractivity contribution in [2.75, 3.05) is 7.05 Å². The van der Waals surface area contributed by atoms with Crippen LogP contribution >= 0.6 is 12.2 Å². The van der Waals surface area contributed by atoms with Crippen LogP contribution in [0.3, 0.4) is 0 Å². The molecule has 0 radical (unpaired) electrons. The van der Waals surface area contributed by atoms with Crippen molar-refractivity contribution in [3.8, 4) is 11.4 Å². The number of aromatic nitrogens is 4. The number of hydrogen-bond donors (Lipinski definition) is 0. The summed E-state index contributed by atoms with van der Waals surface area (Å²) in [5, 5.41) is 4.70. The summed E-state index contributed by atoms with van der Waals surface area (Å²) >= 11 is 5.56. The van der Waals surface area contributed by atoms with Gasteiger partial charge in [-0.3, -0.25) is 9.88 Å². The molecule has 0 aliphatic rings. The predicted octanol–water partition coefficient (Wildman–Crippen LogP) is 4.23. The standard InChI is InChI=1S/C20H25N5S/c1-15(2)17-7-5-16(6-8-17)13-23(3)14-25-20(26)24(4)19(22-25)18-9-11-21-12-10-18/h5-12,15H,13-14H2,1-4H3. The van der Waals surface area contributed by atoms with Crippen molar-refractivity contribution < 1.29 is 0 Å². The maximum atomic E-state index is 5.56. The van der Waals surface area contributed by atoms with E-state index in [2.05, 4.69) is 55.0 Å². The van der Waals surface area contributed by atoms with Crippen molar-refractivity contribution in [2.24, 2.45) is 7.05 Å². The molecule has 2 aromatic heterocycles. The molecule has 2 heterocycles. The van der Waals surface area contributed by atoms with E-state index in [4.69, 9.17) is 17.3 Å². The molecule has 0 bridgehead atoms. The van der Waals surface area contributed by atoms with Gasteiger partial charge in [-0.15, -0.1) is 0 Å². The second-order valence-corrected chi connectivity index (χ2v) is 7.32. The summed E-state index contributed by atoms with van der Waals surface area (Å²) in [6.07, 6.45) is 3.54. The van der Waals surface area contributed by atoms with Gasteiger partial charge in [0, 0.05) is 31.5 Å². The number of pyridine rings is 1. The Labute approximate surface area is 159 Å². The van der Waals surface area contributed by atoms with Crippen molar-refractivity contribution >= 4 is 12.2 Å². The quantitative estimate of drug-likeness (QED) is 0.611. The molecule has 0 atom stereocenters.